The minimum atomic E-state index is -0.625. The highest BCUT2D eigenvalue weighted by molar-refractivity contribution is 9.10. The van der Waals surface area contributed by atoms with E-state index >= 15 is 0 Å². The summed E-state index contributed by atoms with van der Waals surface area (Å²) in [6, 6.07) is 3.43. The van der Waals surface area contributed by atoms with Crippen LogP contribution in [0.15, 0.2) is 22.7 Å². The van der Waals surface area contributed by atoms with E-state index < -0.39 is 11.6 Å². The Hall–Kier alpha value is -1.43. The predicted molar refractivity (Wildman–Crippen MR) is 66.0 cm³/mol. The van der Waals surface area contributed by atoms with E-state index in [-0.39, 0.29) is 5.56 Å². The number of benzene rings is 1. The first kappa shape index (κ1) is 12.0. The maximum Gasteiger partial charge on any atom is 0.164 e. The van der Waals surface area contributed by atoms with Gasteiger partial charge in [-0.25, -0.2) is 8.78 Å². The first-order valence-electron chi connectivity index (χ1n) is 4.87. The third kappa shape index (κ3) is 2.17. The fourth-order valence-electron chi connectivity index (χ4n) is 1.49. The molecule has 2 aromatic rings. The van der Waals surface area contributed by atoms with Crippen LogP contribution in [0.2, 0.25) is 0 Å². The zero-order chi connectivity index (χ0) is 12.6. The van der Waals surface area contributed by atoms with Gasteiger partial charge in [0.05, 0.1) is 10.2 Å². The monoisotopic (exact) mass is 301 g/mol. The quantitative estimate of drug-likeness (QED) is 0.924. The number of aromatic amines is 1. The van der Waals surface area contributed by atoms with Gasteiger partial charge in [-0.2, -0.15) is 5.10 Å². The number of aromatic nitrogens is 2. The molecule has 1 heterocycles. The van der Waals surface area contributed by atoms with Gasteiger partial charge in [0.15, 0.2) is 5.82 Å². The molecule has 0 atom stereocenters. The van der Waals surface area contributed by atoms with E-state index in [1.54, 1.807) is 4.90 Å². The zero-order valence-electron chi connectivity index (χ0n) is 9.26. The van der Waals surface area contributed by atoms with Crippen molar-refractivity contribution >= 4 is 21.7 Å². The first-order chi connectivity index (χ1) is 8.00. The van der Waals surface area contributed by atoms with Gasteiger partial charge in [-0.1, -0.05) is 0 Å². The number of nitrogens with one attached hydrogen (secondary N) is 1. The molecule has 1 aromatic carbocycles. The number of nitrogens with zero attached hydrogens (tertiary/aromatic N) is 2. The average molecular weight is 302 g/mol. The van der Waals surface area contributed by atoms with Crippen LogP contribution in [-0.2, 0) is 0 Å². The summed E-state index contributed by atoms with van der Waals surface area (Å²) in [6.07, 6.45) is 0. The predicted octanol–water partition coefficient (Wildman–Crippen LogP) is 3.18. The zero-order valence-corrected chi connectivity index (χ0v) is 10.8. The van der Waals surface area contributed by atoms with Crippen molar-refractivity contribution in [2.24, 2.45) is 0 Å². The van der Waals surface area contributed by atoms with Crippen molar-refractivity contribution in [1.82, 2.24) is 10.2 Å². The van der Waals surface area contributed by atoms with E-state index in [2.05, 4.69) is 26.1 Å². The highest BCUT2D eigenvalue weighted by atomic mass is 79.9. The standard InChI is InChI=1S/C11H10BrF2N3/c1-17(2)11-9(12)10(15-16-11)7-4-3-6(13)5-8(7)14/h3-5H,1-2H3,(H,15,16). The lowest BCUT2D eigenvalue weighted by Crippen LogP contribution is -2.09. The topological polar surface area (TPSA) is 31.9 Å². The molecular formula is C11H10BrF2N3. The minimum absolute atomic E-state index is 0.277. The van der Waals surface area contributed by atoms with E-state index in [1.165, 1.54) is 12.1 Å². The average Bonchev–Trinajstić information content (AvgIpc) is 2.60. The molecule has 2 rings (SSSR count). The highest BCUT2D eigenvalue weighted by Crippen LogP contribution is 2.34. The summed E-state index contributed by atoms with van der Waals surface area (Å²) in [4.78, 5) is 1.78. The van der Waals surface area contributed by atoms with Crippen LogP contribution in [0.1, 0.15) is 0 Å². The van der Waals surface area contributed by atoms with E-state index in [0.717, 1.165) is 6.07 Å². The molecule has 0 aliphatic carbocycles. The smallest absolute Gasteiger partial charge is 0.164 e. The number of anilines is 1. The van der Waals surface area contributed by atoms with Crippen LogP contribution in [0.5, 0.6) is 0 Å². The third-order valence-electron chi connectivity index (χ3n) is 2.31. The molecule has 0 radical (unpaired) electrons. The molecule has 0 unspecified atom stereocenters. The molecule has 0 bridgehead atoms. The second-order valence-corrected chi connectivity index (χ2v) is 4.55. The summed E-state index contributed by atoms with van der Waals surface area (Å²) in [7, 11) is 3.65. The minimum Gasteiger partial charge on any atom is -0.360 e. The molecule has 17 heavy (non-hydrogen) atoms. The Morgan fingerprint density at radius 2 is 2.00 bits per heavy atom. The van der Waals surface area contributed by atoms with Crippen molar-refractivity contribution in [3.05, 3.63) is 34.3 Å². The molecule has 0 aliphatic rings. The molecule has 0 amide bonds. The molecular weight excluding hydrogens is 292 g/mol. The largest absolute Gasteiger partial charge is 0.360 e. The molecule has 1 N–H and O–H groups in total. The van der Waals surface area contributed by atoms with Crippen LogP contribution >= 0.6 is 15.9 Å². The second-order valence-electron chi connectivity index (χ2n) is 3.75. The SMILES string of the molecule is CN(C)c1n[nH]c(-c2ccc(F)cc2F)c1Br. The summed E-state index contributed by atoms with van der Waals surface area (Å²) < 4.78 is 27.1. The van der Waals surface area contributed by atoms with Crippen LogP contribution in [0.3, 0.4) is 0 Å². The molecule has 0 aliphatic heterocycles. The summed E-state index contributed by atoms with van der Waals surface area (Å²) in [5, 5.41) is 6.78. The van der Waals surface area contributed by atoms with Crippen LogP contribution in [0.4, 0.5) is 14.6 Å². The van der Waals surface area contributed by atoms with Gasteiger partial charge in [0, 0.05) is 25.7 Å². The van der Waals surface area contributed by atoms with E-state index in [4.69, 9.17) is 0 Å². The van der Waals surface area contributed by atoms with Crippen molar-refractivity contribution in [3.8, 4) is 11.3 Å². The van der Waals surface area contributed by atoms with Gasteiger partial charge in [0.1, 0.15) is 11.6 Å². The van der Waals surface area contributed by atoms with E-state index in [1.807, 2.05) is 14.1 Å². The van der Waals surface area contributed by atoms with Gasteiger partial charge in [0.2, 0.25) is 0 Å². The Morgan fingerprint density at radius 3 is 2.53 bits per heavy atom. The van der Waals surface area contributed by atoms with E-state index in [0.29, 0.717) is 16.0 Å². The first-order valence-corrected chi connectivity index (χ1v) is 5.66. The summed E-state index contributed by atoms with van der Waals surface area (Å²) in [5.41, 5.74) is 0.769. The highest BCUT2D eigenvalue weighted by Gasteiger charge is 2.16. The van der Waals surface area contributed by atoms with Crippen LogP contribution < -0.4 is 4.90 Å². The third-order valence-corrected chi connectivity index (χ3v) is 3.06. The maximum atomic E-state index is 13.6. The fraction of sp³-hybridized carbons (Fsp3) is 0.182. The van der Waals surface area contributed by atoms with Crippen LogP contribution in [-0.4, -0.2) is 24.3 Å². The maximum absolute atomic E-state index is 13.6. The van der Waals surface area contributed by atoms with Gasteiger partial charge in [0.25, 0.3) is 0 Å². The van der Waals surface area contributed by atoms with Crippen molar-refractivity contribution in [2.45, 2.75) is 0 Å². The summed E-state index contributed by atoms with van der Waals surface area (Å²) >= 11 is 3.35. The van der Waals surface area contributed by atoms with Crippen LogP contribution in [0.25, 0.3) is 11.3 Å². The van der Waals surface area contributed by atoms with E-state index in [9.17, 15) is 8.78 Å². The Labute approximate surface area is 106 Å². The molecule has 6 heteroatoms. The van der Waals surface area contributed by atoms with Crippen molar-refractivity contribution in [2.75, 3.05) is 19.0 Å². The lowest BCUT2D eigenvalue weighted by atomic mass is 10.1. The summed E-state index contributed by atoms with van der Waals surface area (Å²) in [5.74, 6) is -0.571. The van der Waals surface area contributed by atoms with Crippen molar-refractivity contribution in [3.63, 3.8) is 0 Å². The Bertz CT molecular complexity index is 552. The molecule has 1 aromatic heterocycles. The van der Waals surface area contributed by atoms with Gasteiger partial charge < -0.3 is 4.90 Å². The van der Waals surface area contributed by atoms with Gasteiger partial charge in [-0.05, 0) is 28.1 Å². The van der Waals surface area contributed by atoms with Gasteiger partial charge >= 0.3 is 0 Å². The normalized spacial score (nSPS) is 10.6. The fourth-order valence-corrected chi connectivity index (χ4v) is 2.23. The molecule has 0 saturated heterocycles. The number of hydrogen-bond donors (Lipinski definition) is 1. The molecule has 90 valence electrons. The molecule has 0 fully saturated rings. The van der Waals surface area contributed by atoms with Crippen molar-refractivity contribution in [1.29, 1.82) is 0 Å². The lowest BCUT2D eigenvalue weighted by Gasteiger charge is -2.08. The van der Waals surface area contributed by atoms with Crippen LogP contribution in [0, 0.1) is 11.6 Å². The summed E-state index contributed by atoms with van der Waals surface area (Å²) in [6.45, 7) is 0. The van der Waals surface area contributed by atoms with Gasteiger partial charge in [-0.15, -0.1) is 0 Å². The molecule has 0 spiro atoms. The van der Waals surface area contributed by atoms with Crippen molar-refractivity contribution < 1.29 is 8.78 Å². The second kappa shape index (κ2) is 4.44. The number of hydrogen-bond acceptors (Lipinski definition) is 2. The number of rotatable bonds is 2. The number of halogens is 3. The molecule has 3 nitrogen and oxygen atoms in total. The Kier molecular flexibility index (Phi) is 3.15. The Morgan fingerprint density at radius 1 is 1.29 bits per heavy atom. The van der Waals surface area contributed by atoms with Gasteiger partial charge in [-0.3, -0.25) is 5.10 Å². The Balaban J connectivity index is 2.54. The lowest BCUT2D eigenvalue weighted by molar-refractivity contribution is 0.585. The number of H-pyrrole nitrogens is 1. The molecule has 0 saturated carbocycles.